The lowest BCUT2D eigenvalue weighted by atomic mass is 10.0. The molecule has 134 valence electrons. The van der Waals surface area contributed by atoms with Crippen LogP contribution in [0.5, 0.6) is 0 Å². The molecule has 1 aliphatic heterocycles. The largest absolute Gasteiger partial charge is 0.358 e. The first-order valence-electron chi connectivity index (χ1n) is 8.49. The van der Waals surface area contributed by atoms with Crippen molar-refractivity contribution in [3.63, 3.8) is 0 Å². The van der Waals surface area contributed by atoms with E-state index in [4.69, 9.17) is 11.6 Å². The summed E-state index contributed by atoms with van der Waals surface area (Å²) in [5.41, 5.74) is 4.01. The molecule has 1 aromatic carbocycles. The second-order valence-electron chi connectivity index (χ2n) is 6.36. The van der Waals surface area contributed by atoms with Gasteiger partial charge in [0, 0.05) is 70.6 Å². The van der Waals surface area contributed by atoms with Gasteiger partial charge in [0.05, 0.1) is 0 Å². The maximum atomic E-state index is 12.5. The second-order valence-corrected chi connectivity index (χ2v) is 7.57. The summed E-state index contributed by atoms with van der Waals surface area (Å²) < 4.78 is 0. The fraction of sp³-hybridized carbons (Fsp3) is 0.263. The van der Waals surface area contributed by atoms with Gasteiger partial charge in [0.2, 0.25) is 5.91 Å². The van der Waals surface area contributed by atoms with Gasteiger partial charge in [0.15, 0.2) is 0 Å². The van der Waals surface area contributed by atoms with Crippen LogP contribution in [-0.2, 0) is 17.8 Å². The lowest BCUT2D eigenvalue weighted by molar-refractivity contribution is -0.131. The zero-order valence-corrected chi connectivity index (χ0v) is 15.6. The molecule has 5 nitrogen and oxygen atoms in total. The number of aromatic nitrogens is 1. The maximum absolute atomic E-state index is 12.5. The Labute approximate surface area is 160 Å². The van der Waals surface area contributed by atoms with E-state index in [0.717, 1.165) is 22.9 Å². The van der Waals surface area contributed by atoms with Crippen LogP contribution >= 0.6 is 22.9 Å². The lowest BCUT2D eigenvalue weighted by Gasteiger charge is -2.27. The minimum Gasteiger partial charge on any atom is -0.358 e. The van der Waals surface area contributed by atoms with Crippen LogP contribution in [0, 0.1) is 0 Å². The lowest BCUT2D eigenvalue weighted by Crippen LogP contribution is -2.37. The molecule has 0 aliphatic carbocycles. The van der Waals surface area contributed by atoms with Gasteiger partial charge >= 0.3 is 0 Å². The third-order valence-corrected chi connectivity index (χ3v) is 5.62. The highest BCUT2D eigenvalue weighted by Gasteiger charge is 2.24. The van der Waals surface area contributed by atoms with E-state index >= 15 is 0 Å². The molecule has 0 atom stereocenters. The Morgan fingerprint density at radius 2 is 2.19 bits per heavy atom. The molecular weight excluding hydrogens is 370 g/mol. The molecule has 0 spiro atoms. The molecule has 1 aliphatic rings. The monoisotopic (exact) mass is 387 g/mol. The van der Waals surface area contributed by atoms with Crippen LogP contribution in [0.15, 0.2) is 35.0 Å². The predicted octanol–water partition coefficient (Wildman–Crippen LogP) is 3.59. The summed E-state index contributed by atoms with van der Waals surface area (Å²) >= 11 is 7.60. The summed E-state index contributed by atoms with van der Waals surface area (Å²) in [4.78, 5) is 29.7. The van der Waals surface area contributed by atoms with E-state index in [-0.39, 0.29) is 11.8 Å². The van der Waals surface area contributed by atoms with Crippen molar-refractivity contribution in [1.82, 2.24) is 15.2 Å². The van der Waals surface area contributed by atoms with Crippen molar-refractivity contribution < 1.29 is 9.59 Å². The van der Waals surface area contributed by atoms with Crippen LogP contribution in [0.25, 0.3) is 10.9 Å². The van der Waals surface area contributed by atoms with Gasteiger partial charge in [-0.1, -0.05) is 11.6 Å². The Bertz CT molecular complexity index is 965. The zero-order valence-electron chi connectivity index (χ0n) is 14.0. The van der Waals surface area contributed by atoms with Crippen LogP contribution < -0.4 is 5.32 Å². The SMILES string of the molecule is O=C(NCCC(=O)N1CCc2[nH]c3ccc(Cl)cc3c2C1)c1ccsc1. The van der Waals surface area contributed by atoms with Crippen molar-refractivity contribution >= 4 is 45.7 Å². The van der Waals surface area contributed by atoms with Crippen LogP contribution in [0.1, 0.15) is 28.0 Å². The van der Waals surface area contributed by atoms with Gasteiger partial charge in [-0.15, -0.1) is 0 Å². The highest BCUT2D eigenvalue weighted by Crippen LogP contribution is 2.29. The number of nitrogens with zero attached hydrogens (tertiary/aromatic N) is 1. The molecule has 2 N–H and O–H groups in total. The summed E-state index contributed by atoms with van der Waals surface area (Å²) in [6.07, 6.45) is 1.10. The van der Waals surface area contributed by atoms with Gasteiger partial charge in [-0.3, -0.25) is 9.59 Å². The van der Waals surface area contributed by atoms with E-state index in [1.165, 1.54) is 17.0 Å². The van der Waals surface area contributed by atoms with Gasteiger partial charge < -0.3 is 15.2 Å². The summed E-state index contributed by atoms with van der Waals surface area (Å²) in [6.45, 7) is 1.61. The van der Waals surface area contributed by atoms with Crippen molar-refractivity contribution in [1.29, 1.82) is 0 Å². The van der Waals surface area contributed by atoms with Crippen molar-refractivity contribution in [3.8, 4) is 0 Å². The number of carbonyl (C=O) groups is 2. The number of thiophene rings is 1. The van der Waals surface area contributed by atoms with E-state index in [0.29, 0.717) is 36.6 Å². The number of nitrogens with one attached hydrogen (secondary N) is 2. The molecule has 4 rings (SSSR count). The Balaban J connectivity index is 1.38. The highest BCUT2D eigenvalue weighted by molar-refractivity contribution is 7.08. The zero-order chi connectivity index (χ0) is 18.1. The van der Waals surface area contributed by atoms with E-state index in [1.54, 1.807) is 11.4 Å². The smallest absolute Gasteiger partial charge is 0.252 e. The van der Waals surface area contributed by atoms with E-state index in [9.17, 15) is 9.59 Å². The van der Waals surface area contributed by atoms with Crippen LogP contribution in [0.4, 0.5) is 0 Å². The molecule has 0 saturated carbocycles. The molecule has 3 heterocycles. The molecule has 2 amide bonds. The van der Waals surface area contributed by atoms with Gasteiger partial charge in [-0.05, 0) is 29.6 Å². The van der Waals surface area contributed by atoms with Crippen molar-refractivity contribution in [2.45, 2.75) is 19.4 Å². The average Bonchev–Trinajstić information content (AvgIpc) is 3.28. The van der Waals surface area contributed by atoms with E-state index in [1.807, 2.05) is 28.5 Å². The minimum atomic E-state index is -0.133. The van der Waals surface area contributed by atoms with Crippen molar-refractivity contribution in [2.24, 2.45) is 0 Å². The van der Waals surface area contributed by atoms with Gasteiger partial charge in [0.1, 0.15) is 0 Å². The number of hydrogen-bond acceptors (Lipinski definition) is 3. The van der Waals surface area contributed by atoms with Gasteiger partial charge in [-0.2, -0.15) is 11.3 Å². The van der Waals surface area contributed by atoms with Crippen molar-refractivity contribution in [3.05, 3.63) is 56.9 Å². The molecular formula is C19H18ClN3O2S. The van der Waals surface area contributed by atoms with E-state index < -0.39 is 0 Å². The van der Waals surface area contributed by atoms with Crippen molar-refractivity contribution in [2.75, 3.05) is 13.1 Å². The number of rotatable bonds is 4. The molecule has 0 unspecified atom stereocenters. The van der Waals surface area contributed by atoms with E-state index in [2.05, 4.69) is 10.3 Å². The first kappa shape index (κ1) is 17.1. The molecule has 0 saturated heterocycles. The third-order valence-electron chi connectivity index (χ3n) is 4.70. The van der Waals surface area contributed by atoms with Gasteiger partial charge in [0.25, 0.3) is 5.91 Å². The number of benzene rings is 1. The number of halogens is 1. The molecule has 26 heavy (non-hydrogen) atoms. The highest BCUT2D eigenvalue weighted by atomic mass is 35.5. The predicted molar refractivity (Wildman–Crippen MR) is 104 cm³/mol. The molecule has 0 fully saturated rings. The Morgan fingerprint density at radius 1 is 1.31 bits per heavy atom. The Morgan fingerprint density at radius 3 is 3.00 bits per heavy atom. The molecule has 3 aromatic rings. The number of aromatic amines is 1. The normalized spacial score (nSPS) is 13.7. The number of amides is 2. The van der Waals surface area contributed by atoms with Crippen LogP contribution in [-0.4, -0.2) is 34.8 Å². The number of H-pyrrole nitrogens is 1. The summed E-state index contributed by atoms with van der Waals surface area (Å²) in [7, 11) is 0. The van der Waals surface area contributed by atoms with Gasteiger partial charge in [-0.25, -0.2) is 0 Å². The quantitative estimate of drug-likeness (QED) is 0.718. The number of fused-ring (bicyclic) bond motifs is 3. The molecule has 2 aromatic heterocycles. The topological polar surface area (TPSA) is 65.2 Å². The fourth-order valence-corrected chi connectivity index (χ4v) is 4.14. The fourth-order valence-electron chi connectivity index (χ4n) is 3.34. The van der Waals surface area contributed by atoms with Crippen LogP contribution in [0.3, 0.4) is 0 Å². The first-order chi connectivity index (χ1) is 12.6. The number of hydrogen-bond donors (Lipinski definition) is 2. The summed E-state index contributed by atoms with van der Waals surface area (Å²) in [5, 5.41) is 8.23. The molecule has 0 bridgehead atoms. The Kier molecular flexibility index (Phi) is 4.70. The minimum absolute atomic E-state index is 0.0534. The third kappa shape index (κ3) is 3.34. The standard InChI is InChI=1S/C19H18ClN3O2S/c20-13-1-2-16-14(9-13)15-10-23(7-4-17(15)22-16)18(24)3-6-21-19(25)12-5-8-26-11-12/h1-2,5,8-9,11,22H,3-4,6-7,10H2,(H,21,25). The maximum Gasteiger partial charge on any atom is 0.252 e. The van der Waals surface area contributed by atoms with Crippen LogP contribution in [0.2, 0.25) is 5.02 Å². The number of carbonyl (C=O) groups excluding carboxylic acids is 2. The molecule has 7 heteroatoms. The summed E-state index contributed by atoms with van der Waals surface area (Å²) in [5.74, 6) is -0.0797. The average molecular weight is 388 g/mol. The Hall–Kier alpha value is -2.31. The first-order valence-corrected chi connectivity index (χ1v) is 9.81. The summed E-state index contributed by atoms with van der Waals surface area (Å²) in [6, 6.07) is 7.56. The second kappa shape index (κ2) is 7.13. The molecule has 0 radical (unpaired) electrons.